The lowest BCUT2D eigenvalue weighted by atomic mass is 9.89. The van der Waals surface area contributed by atoms with Gasteiger partial charge in [-0.15, -0.1) is 0 Å². The van der Waals surface area contributed by atoms with Crippen LogP contribution in [-0.4, -0.2) is 5.91 Å². The molecule has 23 heavy (non-hydrogen) atoms. The van der Waals surface area contributed by atoms with Crippen molar-refractivity contribution in [3.63, 3.8) is 0 Å². The Morgan fingerprint density at radius 1 is 1.04 bits per heavy atom. The zero-order valence-electron chi connectivity index (χ0n) is 13.0. The van der Waals surface area contributed by atoms with E-state index in [0.29, 0.717) is 15.6 Å². The van der Waals surface area contributed by atoms with Crippen LogP contribution in [0.25, 0.3) is 0 Å². The monoisotopic (exact) mass is 347 g/mol. The number of carbonyl (C=O) groups is 1. The number of benzene rings is 2. The van der Waals surface area contributed by atoms with Crippen LogP contribution in [-0.2, 0) is 12.8 Å². The summed E-state index contributed by atoms with van der Waals surface area (Å²) in [5.41, 5.74) is 4.43. The fourth-order valence-electron chi connectivity index (χ4n) is 3.05. The van der Waals surface area contributed by atoms with E-state index in [1.165, 1.54) is 24.0 Å². The van der Waals surface area contributed by atoms with Crippen molar-refractivity contribution in [2.24, 2.45) is 0 Å². The summed E-state index contributed by atoms with van der Waals surface area (Å²) in [6.07, 6.45) is 4.81. The van der Waals surface area contributed by atoms with Crippen LogP contribution in [0.4, 0.5) is 0 Å². The summed E-state index contributed by atoms with van der Waals surface area (Å²) in [6.45, 7) is 1.99. The maximum atomic E-state index is 12.4. The van der Waals surface area contributed by atoms with Crippen molar-refractivity contribution in [1.29, 1.82) is 0 Å². The normalized spacial score (nSPS) is 14.9. The lowest BCUT2D eigenvalue weighted by Crippen LogP contribution is -2.27. The van der Waals surface area contributed by atoms with Crippen molar-refractivity contribution in [2.45, 2.75) is 38.6 Å². The fourth-order valence-corrected chi connectivity index (χ4v) is 3.55. The van der Waals surface area contributed by atoms with Crippen molar-refractivity contribution >= 4 is 29.1 Å². The number of amides is 1. The molecule has 0 bridgehead atoms. The standard InChI is InChI=1S/C19H19Cl2NO/c1-12(14-7-6-13-4-2-3-5-15(13)10-14)22-19(23)17-9-8-16(20)11-18(17)21/h6-12H,2-5H2,1H3,(H,22,23). The Kier molecular flexibility index (Phi) is 4.93. The molecule has 0 radical (unpaired) electrons. The van der Waals surface area contributed by atoms with Crippen molar-refractivity contribution < 1.29 is 4.79 Å². The van der Waals surface area contributed by atoms with E-state index in [1.54, 1.807) is 18.2 Å². The van der Waals surface area contributed by atoms with Crippen molar-refractivity contribution in [1.82, 2.24) is 5.32 Å². The Labute approximate surface area is 146 Å². The molecule has 2 aromatic carbocycles. The van der Waals surface area contributed by atoms with Crippen LogP contribution in [0.3, 0.4) is 0 Å². The highest BCUT2D eigenvalue weighted by atomic mass is 35.5. The number of halogens is 2. The topological polar surface area (TPSA) is 29.1 Å². The van der Waals surface area contributed by atoms with Crippen molar-refractivity contribution in [2.75, 3.05) is 0 Å². The lowest BCUT2D eigenvalue weighted by Gasteiger charge is -2.20. The Bertz CT molecular complexity index is 742. The van der Waals surface area contributed by atoms with E-state index in [4.69, 9.17) is 23.2 Å². The summed E-state index contributed by atoms with van der Waals surface area (Å²) in [7, 11) is 0. The van der Waals surface area contributed by atoms with Crippen LogP contribution in [0.2, 0.25) is 10.0 Å². The van der Waals surface area contributed by atoms with Crippen molar-refractivity contribution in [3.8, 4) is 0 Å². The molecule has 0 spiro atoms. The zero-order valence-corrected chi connectivity index (χ0v) is 14.5. The molecule has 0 aromatic heterocycles. The molecule has 1 aliphatic carbocycles. The first kappa shape index (κ1) is 16.4. The largest absolute Gasteiger partial charge is 0.345 e. The minimum absolute atomic E-state index is 0.0681. The van der Waals surface area contributed by atoms with Gasteiger partial charge in [0.15, 0.2) is 0 Å². The van der Waals surface area contributed by atoms with Gasteiger partial charge in [-0.3, -0.25) is 4.79 Å². The second-order valence-electron chi connectivity index (χ2n) is 6.05. The number of rotatable bonds is 3. The van der Waals surface area contributed by atoms with Gasteiger partial charge >= 0.3 is 0 Å². The molecule has 1 unspecified atom stereocenters. The van der Waals surface area contributed by atoms with E-state index in [-0.39, 0.29) is 11.9 Å². The summed E-state index contributed by atoms with van der Waals surface area (Å²) < 4.78 is 0. The SMILES string of the molecule is CC(NC(=O)c1ccc(Cl)cc1Cl)c1ccc2c(c1)CCCC2. The van der Waals surface area contributed by atoms with Gasteiger partial charge in [0.05, 0.1) is 16.6 Å². The van der Waals surface area contributed by atoms with Gasteiger partial charge < -0.3 is 5.32 Å². The van der Waals surface area contributed by atoms with E-state index in [0.717, 1.165) is 18.4 Å². The molecule has 1 atom stereocenters. The Morgan fingerprint density at radius 2 is 1.78 bits per heavy atom. The van der Waals surface area contributed by atoms with Gasteiger partial charge in [-0.25, -0.2) is 0 Å². The number of hydrogen-bond acceptors (Lipinski definition) is 1. The van der Waals surface area contributed by atoms with Crippen LogP contribution in [0.15, 0.2) is 36.4 Å². The molecule has 2 nitrogen and oxygen atoms in total. The van der Waals surface area contributed by atoms with Gasteiger partial charge in [0.25, 0.3) is 5.91 Å². The highest BCUT2D eigenvalue weighted by Gasteiger charge is 2.16. The average molecular weight is 348 g/mol. The van der Waals surface area contributed by atoms with Gasteiger partial charge in [0, 0.05) is 5.02 Å². The van der Waals surface area contributed by atoms with Gasteiger partial charge in [0.1, 0.15) is 0 Å². The number of carbonyl (C=O) groups excluding carboxylic acids is 1. The summed E-state index contributed by atoms with van der Waals surface area (Å²) in [5, 5.41) is 3.90. The molecule has 1 aliphatic rings. The second kappa shape index (κ2) is 6.94. The maximum absolute atomic E-state index is 12.4. The summed E-state index contributed by atoms with van der Waals surface area (Å²) in [5.74, 6) is -0.183. The molecule has 120 valence electrons. The van der Waals surface area contributed by atoms with Gasteiger partial charge in [-0.05, 0) is 67.5 Å². The fraction of sp³-hybridized carbons (Fsp3) is 0.316. The molecule has 0 saturated carbocycles. The summed E-state index contributed by atoms with van der Waals surface area (Å²) in [4.78, 5) is 12.4. The van der Waals surface area contributed by atoms with E-state index < -0.39 is 0 Å². The first-order valence-electron chi connectivity index (χ1n) is 7.92. The highest BCUT2D eigenvalue weighted by molar-refractivity contribution is 6.36. The van der Waals surface area contributed by atoms with E-state index >= 15 is 0 Å². The average Bonchev–Trinajstić information content (AvgIpc) is 2.54. The Balaban J connectivity index is 1.76. The van der Waals surface area contributed by atoms with Crippen LogP contribution in [0.5, 0.6) is 0 Å². The smallest absolute Gasteiger partial charge is 0.253 e. The van der Waals surface area contributed by atoms with Gasteiger partial charge in [-0.1, -0.05) is 41.4 Å². The molecule has 4 heteroatoms. The van der Waals surface area contributed by atoms with Crippen LogP contribution < -0.4 is 5.32 Å². The molecule has 0 saturated heterocycles. The lowest BCUT2D eigenvalue weighted by molar-refractivity contribution is 0.0940. The van der Waals surface area contributed by atoms with Crippen LogP contribution >= 0.6 is 23.2 Å². The molecule has 1 amide bonds. The first-order chi connectivity index (χ1) is 11.0. The number of hydrogen-bond donors (Lipinski definition) is 1. The number of aryl methyl sites for hydroxylation is 2. The first-order valence-corrected chi connectivity index (χ1v) is 8.68. The van der Waals surface area contributed by atoms with Gasteiger partial charge in [0.2, 0.25) is 0 Å². The van der Waals surface area contributed by atoms with Crippen molar-refractivity contribution in [3.05, 3.63) is 68.7 Å². The summed E-state index contributed by atoms with van der Waals surface area (Å²) >= 11 is 12.0. The third-order valence-electron chi connectivity index (χ3n) is 4.40. The zero-order chi connectivity index (χ0) is 16.4. The molecule has 0 heterocycles. The maximum Gasteiger partial charge on any atom is 0.253 e. The Morgan fingerprint density at radius 3 is 2.52 bits per heavy atom. The van der Waals surface area contributed by atoms with Gasteiger partial charge in [-0.2, -0.15) is 0 Å². The molecule has 1 N–H and O–H groups in total. The van der Waals surface area contributed by atoms with Crippen LogP contribution in [0.1, 0.15) is 52.9 Å². The highest BCUT2D eigenvalue weighted by Crippen LogP contribution is 2.26. The van der Waals surface area contributed by atoms with E-state index in [9.17, 15) is 4.79 Å². The van der Waals surface area contributed by atoms with E-state index in [1.807, 2.05) is 6.92 Å². The quantitative estimate of drug-likeness (QED) is 0.795. The number of nitrogens with one attached hydrogen (secondary N) is 1. The molecular formula is C19H19Cl2NO. The number of fused-ring (bicyclic) bond motifs is 1. The second-order valence-corrected chi connectivity index (χ2v) is 6.90. The van der Waals surface area contributed by atoms with E-state index in [2.05, 4.69) is 23.5 Å². The third kappa shape index (κ3) is 3.70. The third-order valence-corrected chi connectivity index (χ3v) is 4.94. The minimum atomic E-state index is -0.183. The molecule has 0 aliphatic heterocycles. The van der Waals surface area contributed by atoms with Crippen LogP contribution in [0, 0.1) is 0 Å². The molecule has 3 rings (SSSR count). The summed E-state index contributed by atoms with van der Waals surface area (Å²) in [6, 6.07) is 11.4. The molecule has 0 fully saturated rings. The Hall–Kier alpha value is -1.51. The predicted octanol–water partition coefficient (Wildman–Crippen LogP) is 5.36. The predicted molar refractivity (Wildman–Crippen MR) is 95.4 cm³/mol. The molecular weight excluding hydrogens is 329 g/mol. The molecule has 2 aromatic rings. The minimum Gasteiger partial charge on any atom is -0.345 e.